The van der Waals surface area contributed by atoms with E-state index in [1.807, 2.05) is 6.92 Å². The minimum Gasteiger partial charge on any atom is -0.380 e. The van der Waals surface area contributed by atoms with Crippen LogP contribution in [0.5, 0.6) is 0 Å². The maximum absolute atomic E-state index is 5.40. The fraction of sp³-hybridized carbons (Fsp3) is 1.00. The highest BCUT2D eigenvalue weighted by Crippen LogP contribution is 2.05. The van der Waals surface area contributed by atoms with Crippen LogP contribution in [-0.4, -0.2) is 19.3 Å². The van der Waals surface area contributed by atoms with Crippen molar-refractivity contribution in [2.75, 3.05) is 13.2 Å². The average Bonchev–Trinajstić information content (AvgIpc) is 2.17. The first-order chi connectivity index (χ1) is 6.35. The Morgan fingerprint density at radius 2 is 2.00 bits per heavy atom. The summed E-state index contributed by atoms with van der Waals surface area (Å²) >= 11 is 0. The number of unbranched alkanes of at least 4 members (excludes halogenated alkanes) is 3. The van der Waals surface area contributed by atoms with Gasteiger partial charge in [0.2, 0.25) is 0 Å². The summed E-state index contributed by atoms with van der Waals surface area (Å²) in [6, 6.07) is 0.330. The Morgan fingerprint density at radius 3 is 2.54 bits per heavy atom. The van der Waals surface area contributed by atoms with E-state index < -0.39 is 0 Å². The molecule has 0 rings (SSSR count). The van der Waals surface area contributed by atoms with Crippen LogP contribution in [0, 0.1) is 0 Å². The van der Waals surface area contributed by atoms with E-state index >= 15 is 0 Å². The van der Waals surface area contributed by atoms with Crippen molar-refractivity contribution in [3.05, 3.63) is 0 Å². The van der Waals surface area contributed by atoms with E-state index in [0.29, 0.717) is 6.04 Å². The smallest absolute Gasteiger partial charge is 0.0632 e. The van der Waals surface area contributed by atoms with Gasteiger partial charge in [-0.25, -0.2) is 0 Å². The molecular weight excluding hydrogens is 164 g/mol. The molecule has 13 heavy (non-hydrogen) atoms. The van der Waals surface area contributed by atoms with Crippen LogP contribution in [0.4, 0.5) is 0 Å². The normalized spacial score (nSPS) is 13.2. The summed E-state index contributed by atoms with van der Waals surface area (Å²) in [4.78, 5) is 0. The largest absolute Gasteiger partial charge is 0.380 e. The lowest BCUT2D eigenvalue weighted by Crippen LogP contribution is -2.38. The summed E-state index contributed by atoms with van der Waals surface area (Å²) in [7, 11) is 0. The summed E-state index contributed by atoms with van der Waals surface area (Å²) in [5, 5.41) is 0. The highest BCUT2D eigenvalue weighted by Gasteiger charge is 2.04. The predicted molar refractivity (Wildman–Crippen MR) is 56.4 cm³/mol. The van der Waals surface area contributed by atoms with Crippen LogP contribution < -0.4 is 11.3 Å². The van der Waals surface area contributed by atoms with Crippen LogP contribution >= 0.6 is 0 Å². The van der Waals surface area contributed by atoms with Crippen molar-refractivity contribution in [3.63, 3.8) is 0 Å². The first-order valence-corrected chi connectivity index (χ1v) is 5.39. The second kappa shape index (κ2) is 9.96. The Kier molecular flexibility index (Phi) is 9.87. The molecule has 0 fully saturated rings. The zero-order valence-corrected chi connectivity index (χ0v) is 9.01. The topological polar surface area (TPSA) is 47.3 Å². The third-order valence-corrected chi connectivity index (χ3v) is 2.17. The number of nitrogens with two attached hydrogens (primary N) is 1. The van der Waals surface area contributed by atoms with Gasteiger partial charge >= 0.3 is 0 Å². The molecule has 0 amide bonds. The zero-order chi connectivity index (χ0) is 9.94. The molecule has 3 heteroatoms. The van der Waals surface area contributed by atoms with Crippen LogP contribution in [-0.2, 0) is 4.74 Å². The Morgan fingerprint density at radius 1 is 1.23 bits per heavy atom. The molecule has 0 aliphatic rings. The number of hydrazine groups is 1. The predicted octanol–water partition coefficient (Wildman–Crippen LogP) is 1.83. The summed E-state index contributed by atoms with van der Waals surface area (Å²) in [5.74, 6) is 5.40. The quantitative estimate of drug-likeness (QED) is 0.330. The maximum atomic E-state index is 5.40. The summed E-state index contributed by atoms with van der Waals surface area (Å²) in [6.45, 7) is 5.73. The minimum atomic E-state index is 0.330. The van der Waals surface area contributed by atoms with Crippen molar-refractivity contribution < 1.29 is 4.74 Å². The van der Waals surface area contributed by atoms with Crippen molar-refractivity contribution in [2.45, 2.75) is 52.0 Å². The van der Waals surface area contributed by atoms with Gasteiger partial charge in [0.25, 0.3) is 0 Å². The minimum absolute atomic E-state index is 0.330. The molecule has 3 N–H and O–H groups in total. The Bertz CT molecular complexity index is 98.9. The fourth-order valence-electron chi connectivity index (χ4n) is 1.29. The van der Waals surface area contributed by atoms with Crippen LogP contribution in [0.15, 0.2) is 0 Å². The highest BCUT2D eigenvalue weighted by atomic mass is 16.5. The van der Waals surface area contributed by atoms with E-state index in [2.05, 4.69) is 12.3 Å². The van der Waals surface area contributed by atoms with Crippen molar-refractivity contribution in [2.24, 2.45) is 5.84 Å². The van der Waals surface area contributed by atoms with Crippen molar-refractivity contribution >= 4 is 0 Å². The lowest BCUT2D eigenvalue weighted by Gasteiger charge is -2.14. The van der Waals surface area contributed by atoms with Crippen LogP contribution in [0.2, 0.25) is 0 Å². The molecule has 0 saturated carbocycles. The molecule has 0 saturated heterocycles. The van der Waals surface area contributed by atoms with Gasteiger partial charge in [0, 0.05) is 12.6 Å². The molecule has 0 heterocycles. The molecule has 0 aromatic carbocycles. The molecule has 0 radical (unpaired) electrons. The van der Waals surface area contributed by atoms with Gasteiger partial charge in [-0.15, -0.1) is 0 Å². The SMILES string of the molecule is CCCCCCC(COCC)NN. The molecule has 1 atom stereocenters. The third kappa shape index (κ3) is 8.22. The van der Waals surface area contributed by atoms with E-state index in [9.17, 15) is 0 Å². The van der Waals surface area contributed by atoms with Gasteiger partial charge in [-0.05, 0) is 13.3 Å². The molecule has 0 aliphatic heterocycles. The van der Waals surface area contributed by atoms with E-state index in [0.717, 1.165) is 19.6 Å². The summed E-state index contributed by atoms with van der Waals surface area (Å²) in [6.07, 6.45) is 6.28. The maximum Gasteiger partial charge on any atom is 0.0632 e. The molecule has 0 aliphatic carbocycles. The van der Waals surface area contributed by atoms with Crippen LogP contribution in [0.1, 0.15) is 46.0 Å². The van der Waals surface area contributed by atoms with Gasteiger partial charge in [-0.2, -0.15) is 0 Å². The first-order valence-electron chi connectivity index (χ1n) is 5.39. The molecule has 0 spiro atoms. The zero-order valence-electron chi connectivity index (χ0n) is 9.01. The van der Waals surface area contributed by atoms with Gasteiger partial charge in [-0.3, -0.25) is 11.3 Å². The van der Waals surface area contributed by atoms with Crippen molar-refractivity contribution in [1.82, 2.24) is 5.43 Å². The van der Waals surface area contributed by atoms with Gasteiger partial charge in [0.1, 0.15) is 0 Å². The summed E-state index contributed by atoms with van der Waals surface area (Å²) < 4.78 is 5.30. The fourth-order valence-corrected chi connectivity index (χ4v) is 1.29. The van der Waals surface area contributed by atoms with Gasteiger partial charge in [0.05, 0.1) is 6.61 Å². The second-order valence-corrected chi connectivity index (χ2v) is 3.37. The lowest BCUT2D eigenvalue weighted by molar-refractivity contribution is 0.119. The Labute approximate surface area is 82.0 Å². The van der Waals surface area contributed by atoms with E-state index in [1.165, 1.54) is 25.7 Å². The molecule has 3 nitrogen and oxygen atoms in total. The number of ether oxygens (including phenoxy) is 1. The van der Waals surface area contributed by atoms with E-state index in [1.54, 1.807) is 0 Å². The first kappa shape index (κ1) is 12.9. The third-order valence-electron chi connectivity index (χ3n) is 2.17. The van der Waals surface area contributed by atoms with E-state index in [4.69, 9.17) is 10.6 Å². The molecule has 0 bridgehead atoms. The average molecular weight is 188 g/mol. The van der Waals surface area contributed by atoms with Crippen molar-refractivity contribution in [1.29, 1.82) is 0 Å². The van der Waals surface area contributed by atoms with Gasteiger partial charge in [0.15, 0.2) is 0 Å². The van der Waals surface area contributed by atoms with E-state index in [-0.39, 0.29) is 0 Å². The standard InChI is InChI=1S/C10H24N2O/c1-3-5-6-7-8-10(12-11)9-13-4-2/h10,12H,3-9,11H2,1-2H3. The number of rotatable bonds is 9. The number of hydrogen-bond donors (Lipinski definition) is 2. The lowest BCUT2D eigenvalue weighted by atomic mass is 10.1. The summed E-state index contributed by atoms with van der Waals surface area (Å²) in [5.41, 5.74) is 2.79. The van der Waals surface area contributed by atoms with Crippen LogP contribution in [0.3, 0.4) is 0 Å². The van der Waals surface area contributed by atoms with Crippen LogP contribution in [0.25, 0.3) is 0 Å². The molecule has 0 aromatic rings. The molecular formula is C10H24N2O. The Hall–Kier alpha value is -0.120. The second-order valence-electron chi connectivity index (χ2n) is 3.37. The number of nitrogens with one attached hydrogen (secondary N) is 1. The highest BCUT2D eigenvalue weighted by molar-refractivity contribution is 4.62. The number of hydrogen-bond acceptors (Lipinski definition) is 3. The van der Waals surface area contributed by atoms with Gasteiger partial charge < -0.3 is 4.74 Å². The Balaban J connectivity index is 3.25. The van der Waals surface area contributed by atoms with Crippen molar-refractivity contribution in [3.8, 4) is 0 Å². The molecule has 0 aromatic heterocycles. The molecule has 1 unspecified atom stereocenters. The monoisotopic (exact) mass is 188 g/mol. The molecule has 80 valence electrons. The van der Waals surface area contributed by atoms with Gasteiger partial charge in [-0.1, -0.05) is 32.6 Å².